The molecule has 0 unspecified atom stereocenters. The molecule has 0 N–H and O–H groups in total. The van der Waals surface area contributed by atoms with E-state index >= 15 is 0 Å². The minimum absolute atomic E-state index is 0.0285. The Morgan fingerprint density at radius 3 is 2.64 bits per heavy atom. The Kier molecular flexibility index (Phi) is 4.79. The van der Waals surface area contributed by atoms with Crippen LogP contribution in [0.4, 0.5) is 0 Å². The molecule has 0 saturated carbocycles. The van der Waals surface area contributed by atoms with Crippen LogP contribution in [-0.2, 0) is 13.6 Å². The summed E-state index contributed by atoms with van der Waals surface area (Å²) in [5, 5.41) is 3.99. The third-order valence-corrected chi connectivity index (χ3v) is 2.48. The summed E-state index contributed by atoms with van der Waals surface area (Å²) < 4.78 is 3.01. The van der Waals surface area contributed by atoms with E-state index in [4.69, 9.17) is 0 Å². The lowest BCUT2D eigenvalue weighted by molar-refractivity contribution is 0.524. The number of thiol groups is 1. The van der Waals surface area contributed by atoms with Gasteiger partial charge in [-0.25, -0.2) is 9.48 Å². The Bertz CT molecular complexity index is 318. The molecule has 0 fully saturated rings. The standard InChI is InChI=1S/C9H17N3OS/c1-11-8-10-12(9(11)13)6-4-2-3-5-7-14/h8,14H,2-7H2,1H3. The lowest BCUT2D eigenvalue weighted by Gasteiger charge is -1.99. The zero-order valence-corrected chi connectivity index (χ0v) is 9.41. The fourth-order valence-corrected chi connectivity index (χ4v) is 1.52. The van der Waals surface area contributed by atoms with Crippen LogP contribution in [-0.4, -0.2) is 20.1 Å². The van der Waals surface area contributed by atoms with Crippen LogP contribution < -0.4 is 5.69 Å². The maximum Gasteiger partial charge on any atom is 0.345 e. The van der Waals surface area contributed by atoms with E-state index in [1.807, 2.05) is 0 Å². The predicted octanol–water partition coefficient (Wildman–Crippen LogP) is 1.07. The van der Waals surface area contributed by atoms with E-state index in [1.165, 1.54) is 15.7 Å². The van der Waals surface area contributed by atoms with Crippen LogP contribution in [0.15, 0.2) is 11.1 Å². The van der Waals surface area contributed by atoms with Crippen LogP contribution >= 0.6 is 12.6 Å². The average molecular weight is 215 g/mol. The maximum absolute atomic E-state index is 11.3. The zero-order chi connectivity index (χ0) is 10.4. The summed E-state index contributed by atoms with van der Waals surface area (Å²) in [4.78, 5) is 11.3. The van der Waals surface area contributed by atoms with Crippen molar-refractivity contribution < 1.29 is 0 Å². The molecule has 0 spiro atoms. The van der Waals surface area contributed by atoms with Gasteiger partial charge in [-0.2, -0.15) is 17.7 Å². The van der Waals surface area contributed by atoms with Crippen molar-refractivity contribution in [1.82, 2.24) is 14.3 Å². The van der Waals surface area contributed by atoms with Crippen LogP contribution in [0, 0.1) is 0 Å². The number of hydrogen-bond acceptors (Lipinski definition) is 3. The molecule has 0 atom stereocenters. The third kappa shape index (κ3) is 3.21. The minimum atomic E-state index is -0.0285. The number of rotatable bonds is 6. The first kappa shape index (κ1) is 11.4. The molecule has 0 radical (unpaired) electrons. The Morgan fingerprint density at radius 2 is 2.07 bits per heavy atom. The quantitative estimate of drug-likeness (QED) is 0.569. The zero-order valence-electron chi connectivity index (χ0n) is 8.52. The maximum atomic E-state index is 11.3. The number of unbranched alkanes of at least 4 members (excludes halogenated alkanes) is 3. The molecule has 0 aliphatic heterocycles. The number of aromatic nitrogens is 3. The normalized spacial score (nSPS) is 10.7. The van der Waals surface area contributed by atoms with Crippen molar-refractivity contribution in [3.05, 3.63) is 16.8 Å². The summed E-state index contributed by atoms with van der Waals surface area (Å²) in [6.07, 6.45) is 6.05. The van der Waals surface area contributed by atoms with Gasteiger partial charge in [0.05, 0.1) is 0 Å². The summed E-state index contributed by atoms with van der Waals surface area (Å²) in [6, 6.07) is 0. The molecule has 14 heavy (non-hydrogen) atoms. The molecular formula is C9H17N3OS. The van der Waals surface area contributed by atoms with E-state index in [0.717, 1.165) is 31.6 Å². The van der Waals surface area contributed by atoms with Crippen molar-refractivity contribution in [2.24, 2.45) is 7.05 Å². The molecule has 1 heterocycles. The summed E-state index contributed by atoms with van der Waals surface area (Å²) >= 11 is 4.14. The second kappa shape index (κ2) is 5.90. The number of nitrogens with zero attached hydrogens (tertiary/aromatic N) is 3. The third-order valence-electron chi connectivity index (χ3n) is 2.16. The second-order valence-electron chi connectivity index (χ2n) is 3.39. The van der Waals surface area contributed by atoms with Crippen LogP contribution in [0.1, 0.15) is 25.7 Å². The van der Waals surface area contributed by atoms with Crippen molar-refractivity contribution >= 4 is 12.6 Å². The first-order valence-electron chi connectivity index (χ1n) is 4.95. The van der Waals surface area contributed by atoms with Crippen molar-refractivity contribution in [2.45, 2.75) is 32.2 Å². The molecule has 0 saturated heterocycles. The highest BCUT2D eigenvalue weighted by Gasteiger charge is 1.99. The molecule has 0 bridgehead atoms. The molecule has 1 rings (SSSR count). The Balaban J connectivity index is 2.25. The summed E-state index contributed by atoms with van der Waals surface area (Å²) in [7, 11) is 1.72. The molecule has 0 aliphatic carbocycles. The van der Waals surface area contributed by atoms with Crippen molar-refractivity contribution in [3.63, 3.8) is 0 Å². The fourth-order valence-electron chi connectivity index (χ4n) is 1.30. The van der Waals surface area contributed by atoms with Gasteiger partial charge in [0, 0.05) is 13.6 Å². The Hall–Kier alpha value is -0.710. The molecule has 1 aromatic heterocycles. The molecule has 0 amide bonds. The smallest absolute Gasteiger partial charge is 0.285 e. The van der Waals surface area contributed by atoms with E-state index in [-0.39, 0.29) is 5.69 Å². The molecule has 80 valence electrons. The predicted molar refractivity (Wildman–Crippen MR) is 59.8 cm³/mol. The fraction of sp³-hybridized carbons (Fsp3) is 0.778. The van der Waals surface area contributed by atoms with Crippen LogP contribution in [0.3, 0.4) is 0 Å². The van der Waals surface area contributed by atoms with E-state index in [0.29, 0.717) is 0 Å². The highest BCUT2D eigenvalue weighted by Crippen LogP contribution is 2.01. The first-order chi connectivity index (χ1) is 6.75. The van der Waals surface area contributed by atoms with Crippen molar-refractivity contribution in [1.29, 1.82) is 0 Å². The summed E-state index contributed by atoms with van der Waals surface area (Å²) in [6.45, 7) is 0.728. The monoisotopic (exact) mass is 215 g/mol. The van der Waals surface area contributed by atoms with Gasteiger partial charge in [0.2, 0.25) is 0 Å². The Labute approximate surface area is 89.3 Å². The van der Waals surface area contributed by atoms with Gasteiger partial charge in [-0.1, -0.05) is 12.8 Å². The average Bonchev–Trinajstić information content (AvgIpc) is 2.49. The highest BCUT2D eigenvalue weighted by molar-refractivity contribution is 7.80. The second-order valence-corrected chi connectivity index (χ2v) is 3.83. The van der Waals surface area contributed by atoms with Gasteiger partial charge in [-0.3, -0.25) is 4.57 Å². The summed E-state index contributed by atoms with van der Waals surface area (Å²) in [5.74, 6) is 0.948. The van der Waals surface area contributed by atoms with E-state index in [1.54, 1.807) is 13.4 Å². The molecule has 0 aliphatic rings. The molecule has 4 nitrogen and oxygen atoms in total. The lowest BCUT2D eigenvalue weighted by atomic mass is 10.2. The topological polar surface area (TPSA) is 39.8 Å². The molecule has 1 aromatic rings. The molecule has 0 aromatic carbocycles. The van der Waals surface area contributed by atoms with Gasteiger partial charge in [-0.15, -0.1) is 0 Å². The van der Waals surface area contributed by atoms with Crippen molar-refractivity contribution in [3.8, 4) is 0 Å². The van der Waals surface area contributed by atoms with Crippen molar-refractivity contribution in [2.75, 3.05) is 5.75 Å². The van der Waals surface area contributed by atoms with Gasteiger partial charge < -0.3 is 0 Å². The van der Waals surface area contributed by atoms with Crippen LogP contribution in [0.5, 0.6) is 0 Å². The van der Waals surface area contributed by atoms with Crippen LogP contribution in [0.25, 0.3) is 0 Å². The minimum Gasteiger partial charge on any atom is -0.285 e. The highest BCUT2D eigenvalue weighted by atomic mass is 32.1. The van der Waals surface area contributed by atoms with E-state index in [2.05, 4.69) is 17.7 Å². The van der Waals surface area contributed by atoms with Gasteiger partial charge >= 0.3 is 5.69 Å². The lowest BCUT2D eigenvalue weighted by Crippen LogP contribution is -2.22. The van der Waals surface area contributed by atoms with Gasteiger partial charge in [0.1, 0.15) is 6.33 Å². The van der Waals surface area contributed by atoms with Gasteiger partial charge in [-0.05, 0) is 18.6 Å². The number of aryl methyl sites for hydroxylation is 2. The molecular weight excluding hydrogens is 198 g/mol. The van der Waals surface area contributed by atoms with E-state index < -0.39 is 0 Å². The van der Waals surface area contributed by atoms with Crippen LogP contribution in [0.2, 0.25) is 0 Å². The largest absolute Gasteiger partial charge is 0.345 e. The first-order valence-corrected chi connectivity index (χ1v) is 5.58. The van der Waals surface area contributed by atoms with E-state index in [9.17, 15) is 4.79 Å². The van der Waals surface area contributed by atoms with Gasteiger partial charge in [0.25, 0.3) is 0 Å². The van der Waals surface area contributed by atoms with Gasteiger partial charge in [0.15, 0.2) is 0 Å². The Morgan fingerprint density at radius 1 is 1.36 bits per heavy atom. The molecule has 5 heteroatoms. The summed E-state index contributed by atoms with van der Waals surface area (Å²) in [5.41, 5.74) is -0.0285. The SMILES string of the molecule is Cn1cnn(CCCCCCS)c1=O. The number of hydrogen-bond donors (Lipinski definition) is 1.